The van der Waals surface area contributed by atoms with Crippen LogP contribution in [0.25, 0.3) is 0 Å². The molecule has 0 bridgehead atoms. The molecule has 0 amide bonds. The van der Waals surface area contributed by atoms with Crippen LogP contribution in [0, 0.1) is 5.92 Å². The van der Waals surface area contributed by atoms with Crippen LogP contribution >= 0.6 is 15.9 Å². The summed E-state index contributed by atoms with van der Waals surface area (Å²) in [7, 11) is 1.78. The lowest BCUT2D eigenvalue weighted by atomic mass is 9.73. The molecule has 18 heavy (non-hydrogen) atoms. The van der Waals surface area contributed by atoms with E-state index < -0.39 is 0 Å². The maximum absolute atomic E-state index is 5.36. The minimum atomic E-state index is 0.724. The van der Waals surface area contributed by atoms with E-state index in [9.17, 15) is 0 Å². The maximum atomic E-state index is 5.36. The first-order valence-corrected chi connectivity index (χ1v) is 7.82. The van der Waals surface area contributed by atoms with E-state index in [1.54, 1.807) is 7.11 Å². The second-order valence-electron chi connectivity index (χ2n) is 5.34. The van der Waals surface area contributed by atoms with Crippen LogP contribution in [0.15, 0.2) is 22.7 Å². The zero-order chi connectivity index (χ0) is 13.0. The van der Waals surface area contributed by atoms with Gasteiger partial charge in [0.1, 0.15) is 0 Å². The van der Waals surface area contributed by atoms with Crippen LogP contribution in [0.3, 0.4) is 0 Å². The van der Waals surface area contributed by atoms with E-state index >= 15 is 0 Å². The molecular formula is C16H23BrO. The monoisotopic (exact) mass is 310 g/mol. The summed E-state index contributed by atoms with van der Waals surface area (Å²) < 4.78 is 6.52. The summed E-state index contributed by atoms with van der Waals surface area (Å²) in [5.41, 5.74) is 2.88. The number of halogens is 1. The number of benzene rings is 1. The van der Waals surface area contributed by atoms with Crippen LogP contribution in [0.2, 0.25) is 0 Å². The molecule has 0 radical (unpaired) electrons. The molecule has 2 unspecified atom stereocenters. The second-order valence-corrected chi connectivity index (χ2v) is 6.25. The molecule has 2 heteroatoms. The Kier molecular flexibility index (Phi) is 5.25. The summed E-state index contributed by atoms with van der Waals surface area (Å²) in [6.45, 7) is 3.06. The van der Waals surface area contributed by atoms with Crippen LogP contribution in [0.1, 0.15) is 56.1 Å². The SMILES string of the molecule is CCC1CCCCC1c1ccc(Br)cc1COC. The van der Waals surface area contributed by atoms with Gasteiger partial charge in [-0.05, 0) is 47.9 Å². The first-order chi connectivity index (χ1) is 8.76. The van der Waals surface area contributed by atoms with Gasteiger partial charge in [0.2, 0.25) is 0 Å². The highest BCUT2D eigenvalue weighted by atomic mass is 79.9. The lowest BCUT2D eigenvalue weighted by Crippen LogP contribution is -2.18. The van der Waals surface area contributed by atoms with E-state index in [-0.39, 0.29) is 0 Å². The fraction of sp³-hybridized carbons (Fsp3) is 0.625. The molecule has 100 valence electrons. The Hall–Kier alpha value is -0.340. The Morgan fingerprint density at radius 1 is 1.28 bits per heavy atom. The predicted octanol–water partition coefficient (Wildman–Crippen LogP) is 5.28. The van der Waals surface area contributed by atoms with Crippen molar-refractivity contribution in [3.8, 4) is 0 Å². The highest BCUT2D eigenvalue weighted by molar-refractivity contribution is 9.10. The summed E-state index contributed by atoms with van der Waals surface area (Å²) in [6.07, 6.45) is 6.82. The lowest BCUT2D eigenvalue weighted by Gasteiger charge is -2.32. The van der Waals surface area contributed by atoms with Gasteiger partial charge in [0.25, 0.3) is 0 Å². The largest absolute Gasteiger partial charge is 0.380 e. The van der Waals surface area contributed by atoms with Crippen LogP contribution in [0.5, 0.6) is 0 Å². The minimum Gasteiger partial charge on any atom is -0.380 e. The highest BCUT2D eigenvalue weighted by Gasteiger charge is 2.26. The molecule has 0 aliphatic heterocycles. The van der Waals surface area contributed by atoms with E-state index in [1.807, 2.05) is 0 Å². The van der Waals surface area contributed by atoms with Crippen molar-refractivity contribution < 1.29 is 4.74 Å². The molecular weight excluding hydrogens is 288 g/mol. The van der Waals surface area contributed by atoms with Crippen LogP contribution in [0.4, 0.5) is 0 Å². The fourth-order valence-corrected chi connectivity index (χ4v) is 3.73. The van der Waals surface area contributed by atoms with Gasteiger partial charge < -0.3 is 4.74 Å². The summed E-state index contributed by atoms with van der Waals surface area (Å²) in [5.74, 6) is 1.59. The molecule has 0 heterocycles. The van der Waals surface area contributed by atoms with Crippen LogP contribution in [-0.2, 0) is 11.3 Å². The number of hydrogen-bond acceptors (Lipinski definition) is 1. The minimum absolute atomic E-state index is 0.724. The third kappa shape index (κ3) is 3.16. The lowest BCUT2D eigenvalue weighted by molar-refractivity contribution is 0.182. The fourth-order valence-electron chi connectivity index (χ4n) is 3.32. The zero-order valence-electron chi connectivity index (χ0n) is 11.4. The van der Waals surface area contributed by atoms with Gasteiger partial charge in [0.15, 0.2) is 0 Å². The molecule has 1 nitrogen and oxygen atoms in total. The number of rotatable bonds is 4. The number of hydrogen-bond donors (Lipinski definition) is 0. The standard InChI is InChI=1S/C16H23BrO/c1-3-12-6-4-5-7-15(12)16-9-8-14(17)10-13(16)11-18-2/h8-10,12,15H,3-7,11H2,1-2H3. The molecule has 1 aliphatic carbocycles. The summed E-state index contributed by atoms with van der Waals surface area (Å²) in [6, 6.07) is 6.70. The van der Waals surface area contributed by atoms with Crippen LogP contribution in [-0.4, -0.2) is 7.11 Å². The normalized spacial score (nSPS) is 24.2. The second kappa shape index (κ2) is 6.72. The Labute approximate surface area is 119 Å². The highest BCUT2D eigenvalue weighted by Crippen LogP contribution is 2.41. The maximum Gasteiger partial charge on any atom is 0.0716 e. The van der Waals surface area contributed by atoms with Gasteiger partial charge in [-0.25, -0.2) is 0 Å². The van der Waals surface area contributed by atoms with Gasteiger partial charge in [0, 0.05) is 11.6 Å². The van der Waals surface area contributed by atoms with Gasteiger partial charge in [-0.15, -0.1) is 0 Å². The Morgan fingerprint density at radius 2 is 2.06 bits per heavy atom. The van der Waals surface area contributed by atoms with Gasteiger partial charge >= 0.3 is 0 Å². The average Bonchev–Trinajstić information content (AvgIpc) is 2.39. The van der Waals surface area contributed by atoms with Crippen molar-refractivity contribution in [2.45, 2.75) is 51.6 Å². The molecule has 0 N–H and O–H groups in total. The molecule has 1 aromatic rings. The van der Waals surface area contributed by atoms with E-state index in [4.69, 9.17) is 4.74 Å². The molecule has 0 aromatic heterocycles. The van der Waals surface area contributed by atoms with Crippen molar-refractivity contribution in [2.75, 3.05) is 7.11 Å². The van der Waals surface area contributed by atoms with Gasteiger partial charge in [-0.1, -0.05) is 48.2 Å². The van der Waals surface area contributed by atoms with Crippen molar-refractivity contribution in [1.29, 1.82) is 0 Å². The van der Waals surface area contributed by atoms with E-state index in [2.05, 4.69) is 41.1 Å². The number of ether oxygens (including phenoxy) is 1. The molecule has 1 saturated carbocycles. The molecule has 0 saturated heterocycles. The molecule has 1 aromatic carbocycles. The topological polar surface area (TPSA) is 9.23 Å². The van der Waals surface area contributed by atoms with Crippen molar-refractivity contribution in [1.82, 2.24) is 0 Å². The molecule has 2 atom stereocenters. The molecule has 1 aliphatic rings. The molecule has 2 rings (SSSR count). The van der Waals surface area contributed by atoms with Gasteiger partial charge in [-0.3, -0.25) is 0 Å². The summed E-state index contributed by atoms with van der Waals surface area (Å²) in [4.78, 5) is 0. The van der Waals surface area contributed by atoms with Crippen molar-refractivity contribution in [3.63, 3.8) is 0 Å². The first kappa shape index (κ1) is 14.1. The first-order valence-electron chi connectivity index (χ1n) is 7.03. The molecule has 1 fully saturated rings. The molecule has 0 spiro atoms. The quantitative estimate of drug-likeness (QED) is 0.735. The number of methoxy groups -OCH3 is 1. The Morgan fingerprint density at radius 3 is 2.78 bits per heavy atom. The third-order valence-corrected chi connectivity index (χ3v) is 4.73. The van der Waals surface area contributed by atoms with Gasteiger partial charge in [0.05, 0.1) is 6.61 Å². The third-order valence-electron chi connectivity index (χ3n) is 4.24. The van der Waals surface area contributed by atoms with Gasteiger partial charge in [-0.2, -0.15) is 0 Å². The van der Waals surface area contributed by atoms with E-state index in [0.29, 0.717) is 0 Å². The van der Waals surface area contributed by atoms with Crippen molar-refractivity contribution in [3.05, 3.63) is 33.8 Å². The Bertz CT molecular complexity index is 389. The summed E-state index contributed by atoms with van der Waals surface area (Å²) >= 11 is 3.57. The van der Waals surface area contributed by atoms with Crippen molar-refractivity contribution >= 4 is 15.9 Å². The van der Waals surface area contributed by atoms with E-state index in [0.717, 1.165) is 22.9 Å². The average molecular weight is 311 g/mol. The Balaban J connectivity index is 2.29. The van der Waals surface area contributed by atoms with Crippen molar-refractivity contribution in [2.24, 2.45) is 5.92 Å². The summed E-state index contributed by atoms with van der Waals surface area (Å²) in [5, 5.41) is 0. The van der Waals surface area contributed by atoms with E-state index in [1.165, 1.54) is 43.2 Å². The predicted molar refractivity (Wildman–Crippen MR) is 79.8 cm³/mol. The smallest absolute Gasteiger partial charge is 0.0716 e. The zero-order valence-corrected chi connectivity index (χ0v) is 13.0. The van der Waals surface area contributed by atoms with Crippen LogP contribution < -0.4 is 0 Å².